The smallest absolute Gasteiger partial charge is 0.243 e. The number of benzene rings is 1. The van der Waals surface area contributed by atoms with E-state index in [0.29, 0.717) is 29.9 Å². The molecular weight excluding hydrogens is 358 g/mol. The average Bonchev–Trinajstić information content (AvgIpc) is 2.83. The zero-order valence-electron chi connectivity index (χ0n) is 12.1. The summed E-state index contributed by atoms with van der Waals surface area (Å²) in [4.78, 5) is 0.239. The largest absolute Gasteiger partial charge is 0.493 e. The van der Waals surface area contributed by atoms with Gasteiger partial charge < -0.3 is 9.84 Å². The molecule has 1 aliphatic rings. The van der Waals surface area contributed by atoms with Gasteiger partial charge in [0.15, 0.2) is 0 Å². The van der Waals surface area contributed by atoms with Crippen molar-refractivity contribution in [2.24, 2.45) is 11.8 Å². The van der Waals surface area contributed by atoms with Crippen molar-refractivity contribution in [3.05, 3.63) is 22.7 Å². The summed E-state index contributed by atoms with van der Waals surface area (Å²) in [7, 11) is -3.53. The van der Waals surface area contributed by atoms with E-state index in [4.69, 9.17) is 4.74 Å². The van der Waals surface area contributed by atoms with Crippen LogP contribution in [0.15, 0.2) is 27.6 Å². The topological polar surface area (TPSA) is 66.8 Å². The summed E-state index contributed by atoms with van der Waals surface area (Å²) in [6, 6.07) is 4.78. The third-order valence-electron chi connectivity index (χ3n) is 3.81. The fraction of sp³-hybridized carbons (Fsp3) is 0.571. The van der Waals surface area contributed by atoms with E-state index in [-0.39, 0.29) is 23.3 Å². The Bertz CT molecular complexity index is 605. The van der Waals surface area contributed by atoms with Crippen molar-refractivity contribution in [1.82, 2.24) is 4.31 Å². The minimum absolute atomic E-state index is 0.00548. The molecule has 0 radical (unpaired) electrons. The molecule has 21 heavy (non-hydrogen) atoms. The van der Waals surface area contributed by atoms with Gasteiger partial charge in [-0.15, -0.1) is 0 Å². The van der Waals surface area contributed by atoms with E-state index in [9.17, 15) is 13.5 Å². The molecule has 118 valence electrons. The molecule has 0 saturated carbocycles. The second kappa shape index (κ2) is 6.64. The van der Waals surface area contributed by atoms with Crippen LogP contribution in [0.2, 0.25) is 0 Å². The summed E-state index contributed by atoms with van der Waals surface area (Å²) in [5, 5.41) is 9.28. The van der Waals surface area contributed by atoms with Crippen LogP contribution in [0.3, 0.4) is 0 Å². The highest BCUT2D eigenvalue weighted by molar-refractivity contribution is 9.10. The lowest BCUT2D eigenvalue weighted by atomic mass is 10.00. The third kappa shape index (κ3) is 3.41. The first-order valence-corrected chi connectivity index (χ1v) is 9.16. The molecule has 7 heteroatoms. The lowest BCUT2D eigenvalue weighted by molar-refractivity contribution is 0.210. The Morgan fingerprint density at radius 3 is 2.67 bits per heavy atom. The fourth-order valence-electron chi connectivity index (χ4n) is 2.48. The van der Waals surface area contributed by atoms with Crippen LogP contribution in [0.4, 0.5) is 0 Å². The van der Waals surface area contributed by atoms with E-state index in [2.05, 4.69) is 15.9 Å². The van der Waals surface area contributed by atoms with Gasteiger partial charge in [0.05, 0.1) is 16.0 Å². The maximum absolute atomic E-state index is 12.6. The molecule has 1 saturated heterocycles. The Balaban J connectivity index is 2.26. The molecule has 0 spiro atoms. The van der Waals surface area contributed by atoms with Crippen LogP contribution in [0.1, 0.15) is 13.8 Å². The molecule has 1 aliphatic heterocycles. The highest BCUT2D eigenvalue weighted by Crippen LogP contribution is 2.32. The molecule has 1 aromatic rings. The third-order valence-corrected chi connectivity index (χ3v) is 6.26. The van der Waals surface area contributed by atoms with Gasteiger partial charge in [-0.1, -0.05) is 6.92 Å². The first-order valence-electron chi connectivity index (χ1n) is 6.93. The van der Waals surface area contributed by atoms with Gasteiger partial charge in [0.2, 0.25) is 10.0 Å². The first-order chi connectivity index (χ1) is 9.90. The Morgan fingerprint density at radius 2 is 2.14 bits per heavy atom. The molecule has 0 aromatic heterocycles. The molecule has 1 N–H and O–H groups in total. The van der Waals surface area contributed by atoms with Crippen LogP contribution in [-0.4, -0.2) is 44.1 Å². The monoisotopic (exact) mass is 377 g/mol. The van der Waals surface area contributed by atoms with E-state index >= 15 is 0 Å². The Morgan fingerprint density at radius 1 is 1.43 bits per heavy atom. The summed E-state index contributed by atoms with van der Waals surface area (Å²) in [6.45, 7) is 5.18. The number of hydrogen-bond donors (Lipinski definition) is 1. The lowest BCUT2D eigenvalue weighted by Gasteiger charge is -2.17. The van der Waals surface area contributed by atoms with E-state index in [1.807, 2.05) is 13.8 Å². The van der Waals surface area contributed by atoms with Crippen LogP contribution < -0.4 is 4.74 Å². The van der Waals surface area contributed by atoms with Crippen molar-refractivity contribution in [1.29, 1.82) is 0 Å². The van der Waals surface area contributed by atoms with Gasteiger partial charge in [-0.2, -0.15) is 4.31 Å². The molecule has 0 unspecified atom stereocenters. The van der Waals surface area contributed by atoms with Crippen molar-refractivity contribution in [2.75, 3.05) is 26.3 Å². The van der Waals surface area contributed by atoms with Crippen molar-refractivity contribution >= 4 is 26.0 Å². The average molecular weight is 378 g/mol. The SMILES string of the molecule is CCOc1ccc(S(=O)(=O)N2C[C@@H](CO)[C@H](C)C2)cc1Br. The van der Waals surface area contributed by atoms with E-state index < -0.39 is 10.0 Å². The standard InChI is InChI=1S/C14H20BrNO4S/c1-3-20-14-5-4-12(6-13(14)15)21(18,19)16-7-10(2)11(8-16)9-17/h4-6,10-11,17H,3,7-9H2,1-2H3/t10-,11+/m1/s1. The predicted octanol–water partition coefficient (Wildman–Crippen LogP) is 2.10. The highest BCUT2D eigenvalue weighted by Gasteiger charge is 2.36. The van der Waals surface area contributed by atoms with Crippen LogP contribution in [-0.2, 0) is 10.0 Å². The molecule has 1 heterocycles. The summed E-state index contributed by atoms with van der Waals surface area (Å²) >= 11 is 3.34. The van der Waals surface area contributed by atoms with E-state index in [1.165, 1.54) is 4.31 Å². The Kier molecular flexibility index (Phi) is 5.29. The number of halogens is 1. The van der Waals surface area contributed by atoms with Crippen molar-refractivity contribution in [2.45, 2.75) is 18.7 Å². The van der Waals surface area contributed by atoms with Gasteiger partial charge in [-0.3, -0.25) is 0 Å². The van der Waals surface area contributed by atoms with Gasteiger partial charge in [0.25, 0.3) is 0 Å². The summed E-state index contributed by atoms with van der Waals surface area (Å²) in [5.41, 5.74) is 0. The van der Waals surface area contributed by atoms with Crippen molar-refractivity contribution in [3.63, 3.8) is 0 Å². The van der Waals surface area contributed by atoms with Gasteiger partial charge in [-0.05, 0) is 52.9 Å². The minimum atomic E-state index is -3.53. The molecule has 5 nitrogen and oxygen atoms in total. The van der Waals surface area contributed by atoms with Crippen LogP contribution in [0.25, 0.3) is 0 Å². The molecule has 2 atom stereocenters. The highest BCUT2D eigenvalue weighted by atomic mass is 79.9. The summed E-state index contributed by atoms with van der Waals surface area (Å²) < 4.78 is 32.8. The van der Waals surface area contributed by atoms with Gasteiger partial charge in [0, 0.05) is 19.7 Å². The Hall–Kier alpha value is -0.630. The van der Waals surface area contributed by atoms with Gasteiger partial charge in [-0.25, -0.2) is 8.42 Å². The molecule has 0 amide bonds. The summed E-state index contributed by atoms with van der Waals surface area (Å²) in [6.07, 6.45) is 0. The number of sulfonamides is 1. The van der Waals surface area contributed by atoms with Gasteiger partial charge in [0.1, 0.15) is 5.75 Å². The normalized spacial score (nSPS) is 23.4. The maximum atomic E-state index is 12.6. The number of aliphatic hydroxyl groups excluding tert-OH is 1. The zero-order valence-corrected chi connectivity index (χ0v) is 14.5. The lowest BCUT2D eigenvalue weighted by Crippen LogP contribution is -2.29. The second-order valence-corrected chi connectivity index (χ2v) is 8.06. The molecule has 0 bridgehead atoms. The van der Waals surface area contributed by atoms with Crippen LogP contribution in [0.5, 0.6) is 5.75 Å². The number of nitrogens with zero attached hydrogens (tertiary/aromatic N) is 1. The van der Waals surface area contributed by atoms with E-state index in [0.717, 1.165) is 0 Å². The molecule has 2 rings (SSSR count). The van der Waals surface area contributed by atoms with Crippen LogP contribution in [0, 0.1) is 11.8 Å². The fourth-order valence-corrected chi connectivity index (χ4v) is 4.75. The van der Waals surface area contributed by atoms with Gasteiger partial charge >= 0.3 is 0 Å². The number of rotatable bonds is 5. The summed E-state index contributed by atoms with van der Waals surface area (Å²) in [5.74, 6) is 0.793. The minimum Gasteiger partial charge on any atom is -0.493 e. The predicted molar refractivity (Wildman–Crippen MR) is 83.8 cm³/mol. The second-order valence-electron chi connectivity index (χ2n) is 5.27. The molecule has 0 aliphatic carbocycles. The first kappa shape index (κ1) is 16.7. The van der Waals surface area contributed by atoms with Crippen molar-refractivity contribution < 1.29 is 18.3 Å². The quantitative estimate of drug-likeness (QED) is 0.852. The maximum Gasteiger partial charge on any atom is 0.243 e. The molecular formula is C14H20BrNO4S. The molecule has 1 fully saturated rings. The van der Waals surface area contributed by atoms with E-state index in [1.54, 1.807) is 18.2 Å². The Labute approximate surface area is 134 Å². The molecule has 1 aromatic carbocycles. The zero-order chi connectivity index (χ0) is 15.6. The number of aliphatic hydroxyl groups is 1. The van der Waals surface area contributed by atoms with Crippen LogP contribution >= 0.6 is 15.9 Å². The number of hydrogen-bond acceptors (Lipinski definition) is 4. The van der Waals surface area contributed by atoms with Crippen molar-refractivity contribution in [3.8, 4) is 5.75 Å². The number of ether oxygens (including phenoxy) is 1.